The van der Waals surface area contributed by atoms with Gasteiger partial charge in [-0.2, -0.15) is 0 Å². The average Bonchev–Trinajstić information content (AvgIpc) is 2.21. The third-order valence-corrected chi connectivity index (χ3v) is 3.84. The smallest absolute Gasteiger partial charge is 0.0705 e. The Morgan fingerprint density at radius 2 is 2.38 bits per heavy atom. The molecule has 1 aromatic rings. The summed E-state index contributed by atoms with van der Waals surface area (Å²) in [6.07, 6.45) is 6.68. The van der Waals surface area contributed by atoms with Crippen molar-refractivity contribution in [3.05, 3.63) is 28.5 Å². The van der Waals surface area contributed by atoms with Crippen LogP contribution in [0, 0.1) is 5.92 Å². The molecule has 1 fully saturated rings. The van der Waals surface area contributed by atoms with Crippen LogP contribution < -0.4 is 0 Å². The number of nitrogens with zero attached hydrogens (tertiary/aromatic N) is 1. The van der Waals surface area contributed by atoms with Crippen molar-refractivity contribution in [3.63, 3.8) is 0 Å². The quantitative estimate of drug-likeness (QED) is 0.903. The van der Waals surface area contributed by atoms with E-state index < -0.39 is 5.60 Å². The Morgan fingerprint density at radius 1 is 1.56 bits per heavy atom. The Hall–Kier alpha value is -0.410. The molecule has 1 saturated carbocycles. The summed E-state index contributed by atoms with van der Waals surface area (Å²) >= 11 is 3.37. The fraction of sp³-hybridized carbons (Fsp3) is 0.615. The van der Waals surface area contributed by atoms with E-state index >= 15 is 0 Å². The monoisotopic (exact) mass is 283 g/mol. The molecule has 0 aromatic carbocycles. The number of aliphatic hydroxyl groups is 1. The Balaban J connectivity index is 2.05. The Labute approximate surface area is 105 Å². The second-order valence-corrected chi connectivity index (χ2v) is 5.99. The maximum Gasteiger partial charge on any atom is 0.0705 e. The van der Waals surface area contributed by atoms with Gasteiger partial charge in [0, 0.05) is 22.8 Å². The summed E-state index contributed by atoms with van der Waals surface area (Å²) < 4.78 is 0.986. The van der Waals surface area contributed by atoms with Gasteiger partial charge in [0.1, 0.15) is 0 Å². The maximum atomic E-state index is 10.5. The molecular formula is C13H18BrNO. The molecule has 0 bridgehead atoms. The van der Waals surface area contributed by atoms with Crippen LogP contribution in [0.25, 0.3) is 0 Å². The minimum atomic E-state index is -0.529. The van der Waals surface area contributed by atoms with Crippen LogP contribution in [0.15, 0.2) is 22.8 Å². The molecule has 2 unspecified atom stereocenters. The van der Waals surface area contributed by atoms with Crippen molar-refractivity contribution in [2.24, 2.45) is 5.92 Å². The fourth-order valence-electron chi connectivity index (χ4n) is 2.64. The van der Waals surface area contributed by atoms with Crippen LogP contribution in [-0.2, 0) is 6.42 Å². The molecule has 3 heteroatoms. The van der Waals surface area contributed by atoms with E-state index in [0.29, 0.717) is 12.3 Å². The standard InChI is InChI=1S/C13H18BrNO/c1-10-3-2-6-13(16,7-10)8-12-5-4-11(14)9-15-12/h4-5,9-10,16H,2-3,6-8H2,1H3. The first kappa shape index (κ1) is 12.1. The van der Waals surface area contributed by atoms with E-state index in [1.54, 1.807) is 6.20 Å². The molecule has 1 N–H and O–H groups in total. The highest BCUT2D eigenvalue weighted by Gasteiger charge is 2.32. The predicted molar refractivity (Wildman–Crippen MR) is 68.2 cm³/mol. The number of hydrogen-bond donors (Lipinski definition) is 1. The van der Waals surface area contributed by atoms with E-state index in [9.17, 15) is 5.11 Å². The summed E-state index contributed by atoms with van der Waals surface area (Å²) in [7, 11) is 0. The average molecular weight is 284 g/mol. The lowest BCUT2D eigenvalue weighted by molar-refractivity contribution is -0.0131. The molecule has 16 heavy (non-hydrogen) atoms. The minimum absolute atomic E-state index is 0.529. The number of halogens is 1. The van der Waals surface area contributed by atoms with E-state index in [4.69, 9.17) is 0 Å². The number of hydrogen-bond acceptors (Lipinski definition) is 2. The van der Waals surface area contributed by atoms with Gasteiger partial charge < -0.3 is 5.11 Å². The maximum absolute atomic E-state index is 10.5. The molecule has 0 aliphatic heterocycles. The highest BCUT2D eigenvalue weighted by Crippen LogP contribution is 2.34. The first-order valence-corrected chi connectivity index (χ1v) is 6.69. The van der Waals surface area contributed by atoms with Crippen molar-refractivity contribution in [1.29, 1.82) is 0 Å². The van der Waals surface area contributed by atoms with Crippen LogP contribution in [0.2, 0.25) is 0 Å². The SMILES string of the molecule is CC1CCCC(O)(Cc2ccc(Br)cn2)C1. The first-order chi connectivity index (χ1) is 7.57. The molecule has 0 spiro atoms. The van der Waals surface area contributed by atoms with Gasteiger partial charge >= 0.3 is 0 Å². The zero-order valence-corrected chi connectivity index (χ0v) is 11.2. The summed E-state index contributed by atoms with van der Waals surface area (Å²) in [6.45, 7) is 2.22. The summed E-state index contributed by atoms with van der Waals surface area (Å²) in [5, 5.41) is 10.5. The van der Waals surface area contributed by atoms with Crippen molar-refractivity contribution >= 4 is 15.9 Å². The van der Waals surface area contributed by atoms with Gasteiger partial charge in [0.05, 0.1) is 5.60 Å². The summed E-state index contributed by atoms with van der Waals surface area (Å²) in [6, 6.07) is 3.97. The van der Waals surface area contributed by atoms with Gasteiger partial charge in [-0.25, -0.2) is 0 Å². The summed E-state index contributed by atoms with van der Waals surface area (Å²) in [5.41, 5.74) is 0.457. The van der Waals surface area contributed by atoms with Crippen LogP contribution in [-0.4, -0.2) is 15.7 Å². The third-order valence-electron chi connectivity index (χ3n) is 3.37. The topological polar surface area (TPSA) is 33.1 Å². The number of aromatic nitrogens is 1. The Morgan fingerprint density at radius 3 is 3.00 bits per heavy atom. The predicted octanol–water partition coefficient (Wildman–Crippen LogP) is 3.33. The van der Waals surface area contributed by atoms with Crippen LogP contribution in [0.1, 0.15) is 38.3 Å². The molecule has 2 rings (SSSR count). The van der Waals surface area contributed by atoms with Gasteiger partial charge in [0.25, 0.3) is 0 Å². The highest BCUT2D eigenvalue weighted by atomic mass is 79.9. The van der Waals surface area contributed by atoms with Crippen molar-refractivity contribution in [2.75, 3.05) is 0 Å². The van der Waals surface area contributed by atoms with Crippen LogP contribution in [0.5, 0.6) is 0 Å². The lowest BCUT2D eigenvalue weighted by Gasteiger charge is -2.35. The molecular weight excluding hydrogens is 266 g/mol. The normalized spacial score (nSPS) is 30.3. The Kier molecular flexibility index (Phi) is 3.65. The molecule has 1 aliphatic rings. The molecule has 2 nitrogen and oxygen atoms in total. The van der Waals surface area contributed by atoms with Crippen LogP contribution in [0.3, 0.4) is 0 Å². The third kappa shape index (κ3) is 3.05. The van der Waals surface area contributed by atoms with Gasteiger partial charge in [0.15, 0.2) is 0 Å². The van der Waals surface area contributed by atoms with Gasteiger partial charge in [-0.1, -0.05) is 19.8 Å². The lowest BCUT2D eigenvalue weighted by Crippen LogP contribution is -2.37. The van der Waals surface area contributed by atoms with Crippen molar-refractivity contribution in [3.8, 4) is 0 Å². The van der Waals surface area contributed by atoms with E-state index in [0.717, 1.165) is 29.4 Å². The first-order valence-electron chi connectivity index (χ1n) is 5.90. The zero-order valence-electron chi connectivity index (χ0n) is 9.62. The second-order valence-electron chi connectivity index (χ2n) is 5.07. The zero-order chi connectivity index (χ0) is 11.6. The van der Waals surface area contributed by atoms with Gasteiger partial charge in [-0.15, -0.1) is 0 Å². The molecule has 0 amide bonds. The molecule has 1 heterocycles. The second kappa shape index (κ2) is 4.84. The molecule has 0 saturated heterocycles. The molecule has 0 radical (unpaired) electrons. The van der Waals surface area contributed by atoms with Gasteiger partial charge in [-0.3, -0.25) is 4.98 Å². The number of rotatable bonds is 2. The Bertz CT molecular complexity index is 351. The van der Waals surface area contributed by atoms with E-state index in [1.165, 1.54) is 6.42 Å². The summed E-state index contributed by atoms with van der Waals surface area (Å²) in [4.78, 5) is 4.34. The van der Waals surface area contributed by atoms with E-state index in [2.05, 4.69) is 27.8 Å². The van der Waals surface area contributed by atoms with Gasteiger partial charge in [-0.05, 0) is 46.8 Å². The molecule has 88 valence electrons. The van der Waals surface area contributed by atoms with Crippen molar-refractivity contribution in [2.45, 2.75) is 44.6 Å². The largest absolute Gasteiger partial charge is 0.389 e. The van der Waals surface area contributed by atoms with Crippen molar-refractivity contribution in [1.82, 2.24) is 4.98 Å². The summed E-state index contributed by atoms with van der Waals surface area (Å²) in [5.74, 6) is 0.634. The van der Waals surface area contributed by atoms with E-state index in [-0.39, 0.29) is 0 Å². The molecule has 2 atom stereocenters. The van der Waals surface area contributed by atoms with Gasteiger partial charge in [0.2, 0.25) is 0 Å². The highest BCUT2D eigenvalue weighted by molar-refractivity contribution is 9.10. The number of pyridine rings is 1. The van der Waals surface area contributed by atoms with Crippen LogP contribution in [0.4, 0.5) is 0 Å². The molecule has 1 aliphatic carbocycles. The van der Waals surface area contributed by atoms with Crippen LogP contribution >= 0.6 is 15.9 Å². The lowest BCUT2D eigenvalue weighted by atomic mass is 9.76. The minimum Gasteiger partial charge on any atom is -0.389 e. The fourth-order valence-corrected chi connectivity index (χ4v) is 2.88. The van der Waals surface area contributed by atoms with Crippen molar-refractivity contribution < 1.29 is 5.11 Å². The molecule has 1 aromatic heterocycles. The van der Waals surface area contributed by atoms with E-state index in [1.807, 2.05) is 12.1 Å².